The van der Waals surface area contributed by atoms with E-state index in [1.165, 1.54) is 0 Å². The number of nitrogens with one attached hydrogen (secondary N) is 1. The lowest BCUT2D eigenvalue weighted by Crippen LogP contribution is -2.40. The predicted octanol–water partition coefficient (Wildman–Crippen LogP) is 2.03. The van der Waals surface area contributed by atoms with Gasteiger partial charge in [-0.05, 0) is 38.0 Å². The van der Waals surface area contributed by atoms with Gasteiger partial charge in [0.2, 0.25) is 5.91 Å². The van der Waals surface area contributed by atoms with Crippen LogP contribution in [0.2, 0.25) is 0 Å². The van der Waals surface area contributed by atoms with Crippen LogP contribution < -0.4 is 5.32 Å². The zero-order valence-corrected chi connectivity index (χ0v) is 11.1. The SMILES string of the molecule is CCN1CCC(C(=O)NCc2ccccc2)CC1. The second-order valence-corrected chi connectivity index (χ2v) is 4.91. The van der Waals surface area contributed by atoms with Gasteiger partial charge in [-0.15, -0.1) is 0 Å². The first-order chi connectivity index (χ1) is 8.79. The molecule has 0 radical (unpaired) electrons. The van der Waals surface area contributed by atoms with Gasteiger partial charge in [0.25, 0.3) is 0 Å². The van der Waals surface area contributed by atoms with Crippen LogP contribution in [0, 0.1) is 5.92 Å². The third kappa shape index (κ3) is 3.57. The van der Waals surface area contributed by atoms with Crippen LogP contribution in [0.15, 0.2) is 30.3 Å². The molecule has 18 heavy (non-hydrogen) atoms. The maximum absolute atomic E-state index is 12.0. The molecule has 1 amide bonds. The lowest BCUT2D eigenvalue weighted by atomic mass is 9.96. The second kappa shape index (κ2) is 6.55. The van der Waals surface area contributed by atoms with Crippen molar-refractivity contribution in [1.82, 2.24) is 10.2 Å². The maximum Gasteiger partial charge on any atom is 0.223 e. The van der Waals surface area contributed by atoms with Crippen LogP contribution in [0.3, 0.4) is 0 Å². The van der Waals surface area contributed by atoms with Crippen molar-refractivity contribution < 1.29 is 4.79 Å². The number of amides is 1. The molecular formula is C15H22N2O. The molecule has 3 heteroatoms. The average molecular weight is 246 g/mol. The highest BCUT2D eigenvalue weighted by molar-refractivity contribution is 5.78. The fourth-order valence-corrected chi connectivity index (χ4v) is 2.44. The van der Waals surface area contributed by atoms with Crippen LogP contribution in [-0.4, -0.2) is 30.4 Å². The molecule has 1 aliphatic rings. The topological polar surface area (TPSA) is 32.3 Å². The summed E-state index contributed by atoms with van der Waals surface area (Å²) in [6.45, 7) is 6.03. The van der Waals surface area contributed by atoms with E-state index in [0.29, 0.717) is 6.54 Å². The Morgan fingerprint density at radius 2 is 1.94 bits per heavy atom. The van der Waals surface area contributed by atoms with E-state index in [4.69, 9.17) is 0 Å². The van der Waals surface area contributed by atoms with E-state index in [2.05, 4.69) is 17.1 Å². The van der Waals surface area contributed by atoms with Gasteiger partial charge in [0.1, 0.15) is 0 Å². The molecule has 98 valence electrons. The highest BCUT2D eigenvalue weighted by Crippen LogP contribution is 2.17. The molecule has 0 unspecified atom stereocenters. The van der Waals surface area contributed by atoms with Crippen LogP contribution in [-0.2, 0) is 11.3 Å². The number of carbonyl (C=O) groups excluding carboxylic acids is 1. The Balaban J connectivity index is 1.75. The first-order valence-electron chi connectivity index (χ1n) is 6.83. The Kier molecular flexibility index (Phi) is 4.76. The molecule has 2 rings (SSSR count). The summed E-state index contributed by atoms with van der Waals surface area (Å²) in [5, 5.41) is 3.04. The third-order valence-corrected chi connectivity index (χ3v) is 3.72. The average Bonchev–Trinajstić information content (AvgIpc) is 2.46. The van der Waals surface area contributed by atoms with Crippen molar-refractivity contribution in [3.63, 3.8) is 0 Å². The molecule has 1 heterocycles. The van der Waals surface area contributed by atoms with Crippen LogP contribution in [0.5, 0.6) is 0 Å². The van der Waals surface area contributed by atoms with Gasteiger partial charge in [-0.25, -0.2) is 0 Å². The minimum atomic E-state index is 0.205. The number of hydrogen-bond donors (Lipinski definition) is 1. The lowest BCUT2D eigenvalue weighted by Gasteiger charge is -2.30. The molecule has 1 N–H and O–H groups in total. The summed E-state index contributed by atoms with van der Waals surface area (Å²) in [4.78, 5) is 14.4. The summed E-state index contributed by atoms with van der Waals surface area (Å²) >= 11 is 0. The van der Waals surface area contributed by atoms with E-state index in [1.807, 2.05) is 30.3 Å². The van der Waals surface area contributed by atoms with E-state index >= 15 is 0 Å². The number of carbonyl (C=O) groups is 1. The summed E-state index contributed by atoms with van der Waals surface area (Å²) in [6.07, 6.45) is 1.99. The van der Waals surface area contributed by atoms with Gasteiger partial charge in [-0.3, -0.25) is 4.79 Å². The Morgan fingerprint density at radius 1 is 1.28 bits per heavy atom. The van der Waals surface area contributed by atoms with Crippen LogP contribution in [0.4, 0.5) is 0 Å². The van der Waals surface area contributed by atoms with Crippen molar-refractivity contribution in [2.75, 3.05) is 19.6 Å². The van der Waals surface area contributed by atoms with Crippen LogP contribution >= 0.6 is 0 Å². The van der Waals surface area contributed by atoms with E-state index < -0.39 is 0 Å². The number of nitrogens with zero attached hydrogens (tertiary/aromatic N) is 1. The largest absolute Gasteiger partial charge is 0.352 e. The van der Waals surface area contributed by atoms with Gasteiger partial charge in [0.05, 0.1) is 0 Å². The molecule has 0 bridgehead atoms. The minimum absolute atomic E-state index is 0.205. The Bertz CT molecular complexity index is 369. The third-order valence-electron chi connectivity index (χ3n) is 3.72. The van der Waals surface area contributed by atoms with Gasteiger partial charge in [0, 0.05) is 12.5 Å². The molecular weight excluding hydrogens is 224 g/mol. The van der Waals surface area contributed by atoms with Crippen molar-refractivity contribution in [3.05, 3.63) is 35.9 Å². The van der Waals surface area contributed by atoms with E-state index in [9.17, 15) is 4.79 Å². The van der Waals surface area contributed by atoms with Gasteiger partial charge in [0.15, 0.2) is 0 Å². The van der Waals surface area contributed by atoms with Crippen LogP contribution in [0.1, 0.15) is 25.3 Å². The van der Waals surface area contributed by atoms with Crippen molar-refractivity contribution in [3.8, 4) is 0 Å². The smallest absolute Gasteiger partial charge is 0.223 e. The number of benzene rings is 1. The number of hydrogen-bond acceptors (Lipinski definition) is 2. The monoisotopic (exact) mass is 246 g/mol. The Hall–Kier alpha value is -1.35. The highest BCUT2D eigenvalue weighted by Gasteiger charge is 2.23. The summed E-state index contributed by atoms with van der Waals surface area (Å²) in [6, 6.07) is 10.1. The Labute approximate surface area is 109 Å². The summed E-state index contributed by atoms with van der Waals surface area (Å²) in [5.74, 6) is 0.422. The molecule has 3 nitrogen and oxygen atoms in total. The first kappa shape index (κ1) is 13.1. The summed E-state index contributed by atoms with van der Waals surface area (Å²) in [7, 11) is 0. The van der Waals surface area contributed by atoms with Gasteiger partial charge in [-0.2, -0.15) is 0 Å². The molecule has 1 fully saturated rings. The van der Waals surface area contributed by atoms with Gasteiger partial charge < -0.3 is 10.2 Å². The fourth-order valence-electron chi connectivity index (χ4n) is 2.44. The zero-order valence-electron chi connectivity index (χ0n) is 11.1. The van der Waals surface area contributed by atoms with Gasteiger partial charge in [-0.1, -0.05) is 37.3 Å². The summed E-state index contributed by atoms with van der Waals surface area (Å²) < 4.78 is 0. The lowest BCUT2D eigenvalue weighted by molar-refractivity contribution is -0.126. The predicted molar refractivity (Wildman–Crippen MR) is 73.1 cm³/mol. The molecule has 1 saturated heterocycles. The molecule has 1 aliphatic heterocycles. The molecule has 0 atom stereocenters. The van der Waals surface area contributed by atoms with Crippen molar-refractivity contribution in [2.45, 2.75) is 26.3 Å². The molecule has 0 spiro atoms. The molecule has 1 aromatic carbocycles. The molecule has 0 saturated carbocycles. The maximum atomic E-state index is 12.0. The van der Waals surface area contributed by atoms with E-state index in [-0.39, 0.29) is 11.8 Å². The van der Waals surface area contributed by atoms with Crippen molar-refractivity contribution in [2.24, 2.45) is 5.92 Å². The summed E-state index contributed by atoms with van der Waals surface area (Å²) in [5.41, 5.74) is 1.16. The minimum Gasteiger partial charge on any atom is -0.352 e. The standard InChI is InChI=1S/C15H22N2O/c1-2-17-10-8-14(9-11-17)15(18)16-12-13-6-4-3-5-7-13/h3-7,14H,2,8-12H2,1H3,(H,16,18). The molecule has 1 aromatic rings. The quantitative estimate of drug-likeness (QED) is 0.881. The second-order valence-electron chi connectivity index (χ2n) is 4.91. The van der Waals surface area contributed by atoms with E-state index in [1.54, 1.807) is 0 Å². The highest BCUT2D eigenvalue weighted by atomic mass is 16.1. The first-order valence-corrected chi connectivity index (χ1v) is 6.83. The van der Waals surface area contributed by atoms with E-state index in [0.717, 1.165) is 38.0 Å². The number of piperidine rings is 1. The number of rotatable bonds is 4. The van der Waals surface area contributed by atoms with Crippen molar-refractivity contribution >= 4 is 5.91 Å². The fraction of sp³-hybridized carbons (Fsp3) is 0.533. The molecule has 0 aliphatic carbocycles. The normalized spacial score (nSPS) is 17.6. The molecule has 0 aromatic heterocycles. The van der Waals surface area contributed by atoms with Crippen molar-refractivity contribution in [1.29, 1.82) is 0 Å². The number of likely N-dealkylation sites (tertiary alicyclic amines) is 1. The Morgan fingerprint density at radius 3 is 2.56 bits per heavy atom. The van der Waals surface area contributed by atoms with Crippen LogP contribution in [0.25, 0.3) is 0 Å². The zero-order chi connectivity index (χ0) is 12.8. The van der Waals surface area contributed by atoms with Gasteiger partial charge >= 0.3 is 0 Å².